The van der Waals surface area contributed by atoms with Crippen LogP contribution in [0.4, 0.5) is 0 Å². The molecule has 1 amide bonds. The van der Waals surface area contributed by atoms with Crippen LogP contribution in [0.2, 0.25) is 0 Å². The fraction of sp³-hybridized carbons (Fsp3) is 0.833. The van der Waals surface area contributed by atoms with Crippen molar-refractivity contribution in [3.05, 3.63) is 0 Å². The summed E-state index contributed by atoms with van der Waals surface area (Å²) in [6.45, 7) is 1.63. The van der Waals surface area contributed by atoms with E-state index in [9.17, 15) is 9.59 Å². The molecule has 2 aliphatic rings. The second kappa shape index (κ2) is 4.64. The standard InChI is InChI=1S/C12H20N2O3/c1-6(12(16)17-2)14-11(15)9-7-3-4-8(5-7)10(9)13/h6-10H,3-5,13H2,1-2H3,(H,14,15)/t6-,7?,8?,9?,10?/m0/s1. The van der Waals surface area contributed by atoms with Crippen molar-refractivity contribution in [2.24, 2.45) is 23.5 Å². The Morgan fingerprint density at radius 2 is 2.00 bits per heavy atom. The molecule has 0 aromatic carbocycles. The molecule has 2 rings (SSSR count). The molecule has 0 aliphatic heterocycles. The lowest BCUT2D eigenvalue weighted by Gasteiger charge is -2.27. The van der Waals surface area contributed by atoms with Gasteiger partial charge in [0, 0.05) is 6.04 Å². The minimum atomic E-state index is -0.598. The smallest absolute Gasteiger partial charge is 0.328 e. The molecule has 0 aromatic heterocycles. The highest BCUT2D eigenvalue weighted by molar-refractivity contribution is 5.86. The molecule has 0 radical (unpaired) electrons. The number of hydrogen-bond donors (Lipinski definition) is 2. The van der Waals surface area contributed by atoms with Gasteiger partial charge in [0.1, 0.15) is 6.04 Å². The summed E-state index contributed by atoms with van der Waals surface area (Å²) in [6.07, 6.45) is 3.29. The van der Waals surface area contributed by atoms with Crippen molar-refractivity contribution in [2.75, 3.05) is 7.11 Å². The van der Waals surface area contributed by atoms with Gasteiger partial charge < -0.3 is 15.8 Å². The number of nitrogens with one attached hydrogen (secondary N) is 1. The predicted molar refractivity (Wildman–Crippen MR) is 61.9 cm³/mol. The van der Waals surface area contributed by atoms with E-state index >= 15 is 0 Å². The maximum Gasteiger partial charge on any atom is 0.328 e. The van der Waals surface area contributed by atoms with Gasteiger partial charge in [-0.1, -0.05) is 0 Å². The van der Waals surface area contributed by atoms with E-state index in [1.807, 2.05) is 0 Å². The Kier molecular flexibility index (Phi) is 3.38. The van der Waals surface area contributed by atoms with Gasteiger partial charge in [0.25, 0.3) is 0 Å². The average Bonchev–Trinajstić information content (AvgIpc) is 2.87. The highest BCUT2D eigenvalue weighted by atomic mass is 16.5. The fourth-order valence-corrected chi connectivity index (χ4v) is 3.27. The molecule has 96 valence electrons. The quantitative estimate of drug-likeness (QED) is 0.682. The Labute approximate surface area is 101 Å². The number of esters is 1. The van der Waals surface area contributed by atoms with Crippen molar-refractivity contribution in [1.29, 1.82) is 0 Å². The predicted octanol–water partition coefficient (Wildman–Crippen LogP) is 0.0375. The molecule has 17 heavy (non-hydrogen) atoms. The third kappa shape index (κ3) is 2.16. The number of rotatable bonds is 3. The molecule has 5 nitrogen and oxygen atoms in total. The number of carbonyl (C=O) groups excluding carboxylic acids is 2. The van der Waals surface area contributed by atoms with Crippen LogP contribution in [-0.2, 0) is 14.3 Å². The molecule has 2 saturated carbocycles. The number of hydrogen-bond acceptors (Lipinski definition) is 4. The lowest BCUT2D eigenvalue weighted by Crippen LogP contribution is -2.49. The van der Waals surface area contributed by atoms with Crippen molar-refractivity contribution in [1.82, 2.24) is 5.32 Å². The van der Waals surface area contributed by atoms with Crippen LogP contribution in [0.3, 0.4) is 0 Å². The monoisotopic (exact) mass is 240 g/mol. The first-order valence-electron chi connectivity index (χ1n) is 6.18. The fourth-order valence-electron chi connectivity index (χ4n) is 3.27. The molecule has 0 heterocycles. The van der Waals surface area contributed by atoms with Crippen LogP contribution in [0.15, 0.2) is 0 Å². The molecule has 5 heteroatoms. The first-order chi connectivity index (χ1) is 8.04. The van der Waals surface area contributed by atoms with E-state index in [-0.39, 0.29) is 17.9 Å². The van der Waals surface area contributed by atoms with Gasteiger partial charge >= 0.3 is 5.97 Å². The van der Waals surface area contributed by atoms with Crippen LogP contribution >= 0.6 is 0 Å². The van der Waals surface area contributed by atoms with Crippen LogP contribution in [0.25, 0.3) is 0 Å². The van der Waals surface area contributed by atoms with Gasteiger partial charge in [-0.25, -0.2) is 4.79 Å². The van der Waals surface area contributed by atoms with Crippen molar-refractivity contribution in [2.45, 2.75) is 38.3 Å². The molecule has 0 saturated heterocycles. The molecular formula is C12H20N2O3. The topological polar surface area (TPSA) is 81.4 Å². The van der Waals surface area contributed by atoms with E-state index in [1.165, 1.54) is 7.11 Å². The largest absolute Gasteiger partial charge is 0.467 e. The average molecular weight is 240 g/mol. The number of nitrogens with two attached hydrogens (primary N) is 1. The summed E-state index contributed by atoms with van der Waals surface area (Å²) in [6, 6.07) is -0.641. The van der Waals surface area contributed by atoms with Crippen molar-refractivity contribution >= 4 is 11.9 Å². The Morgan fingerprint density at radius 3 is 2.53 bits per heavy atom. The van der Waals surface area contributed by atoms with E-state index < -0.39 is 12.0 Å². The molecule has 0 aromatic rings. The summed E-state index contributed by atoms with van der Waals surface area (Å²) in [7, 11) is 1.31. The Morgan fingerprint density at radius 1 is 1.35 bits per heavy atom. The first-order valence-corrected chi connectivity index (χ1v) is 6.18. The molecule has 5 atom stereocenters. The molecule has 2 fully saturated rings. The first kappa shape index (κ1) is 12.4. The summed E-state index contributed by atoms with van der Waals surface area (Å²) >= 11 is 0. The van der Waals surface area contributed by atoms with E-state index in [0.29, 0.717) is 11.8 Å². The summed E-state index contributed by atoms with van der Waals surface area (Å²) in [5, 5.41) is 2.69. The molecule has 0 spiro atoms. The third-order valence-corrected chi connectivity index (χ3v) is 4.20. The number of fused-ring (bicyclic) bond motifs is 2. The minimum absolute atomic E-state index is 0.0430. The van der Waals surface area contributed by atoms with Crippen molar-refractivity contribution in [3.63, 3.8) is 0 Å². The van der Waals surface area contributed by atoms with Gasteiger partial charge in [-0.15, -0.1) is 0 Å². The van der Waals surface area contributed by atoms with E-state index in [2.05, 4.69) is 10.1 Å². The lowest BCUT2D eigenvalue weighted by molar-refractivity contribution is -0.145. The third-order valence-electron chi connectivity index (χ3n) is 4.20. The summed E-state index contributed by atoms with van der Waals surface area (Å²) in [5.74, 6) is 0.252. The van der Waals surface area contributed by atoms with Gasteiger partial charge in [0.15, 0.2) is 0 Å². The molecular weight excluding hydrogens is 220 g/mol. The Balaban J connectivity index is 1.94. The van der Waals surface area contributed by atoms with Gasteiger partial charge in [0.05, 0.1) is 13.0 Å². The number of carbonyl (C=O) groups is 2. The van der Waals surface area contributed by atoms with Crippen LogP contribution in [0, 0.1) is 17.8 Å². The number of methoxy groups -OCH3 is 1. The zero-order chi connectivity index (χ0) is 12.6. The second-order valence-corrected chi connectivity index (χ2v) is 5.19. The Hall–Kier alpha value is -1.10. The molecule has 4 unspecified atom stereocenters. The van der Waals surface area contributed by atoms with E-state index in [1.54, 1.807) is 6.92 Å². The number of amides is 1. The molecule has 2 aliphatic carbocycles. The Bertz CT molecular complexity index is 330. The summed E-state index contributed by atoms with van der Waals surface area (Å²) in [4.78, 5) is 23.3. The zero-order valence-electron chi connectivity index (χ0n) is 10.3. The normalized spacial score (nSPS) is 36.6. The van der Waals surface area contributed by atoms with Gasteiger partial charge in [-0.3, -0.25) is 4.79 Å². The summed E-state index contributed by atoms with van der Waals surface area (Å²) in [5.41, 5.74) is 6.07. The highest BCUT2D eigenvalue weighted by Crippen LogP contribution is 2.47. The van der Waals surface area contributed by atoms with E-state index in [0.717, 1.165) is 19.3 Å². The second-order valence-electron chi connectivity index (χ2n) is 5.19. The SMILES string of the molecule is COC(=O)[C@H](C)NC(=O)C1C2CCC(C2)C1N. The highest BCUT2D eigenvalue weighted by Gasteiger charge is 2.49. The van der Waals surface area contributed by atoms with Crippen molar-refractivity contribution < 1.29 is 14.3 Å². The van der Waals surface area contributed by atoms with Crippen LogP contribution in [0.1, 0.15) is 26.2 Å². The minimum Gasteiger partial charge on any atom is -0.467 e. The summed E-state index contributed by atoms with van der Waals surface area (Å²) < 4.78 is 4.58. The maximum absolute atomic E-state index is 12.1. The van der Waals surface area contributed by atoms with Gasteiger partial charge in [0.2, 0.25) is 5.91 Å². The van der Waals surface area contributed by atoms with E-state index in [4.69, 9.17) is 5.73 Å². The maximum atomic E-state index is 12.1. The lowest BCUT2D eigenvalue weighted by atomic mass is 9.84. The molecule has 2 bridgehead atoms. The molecule has 3 N–H and O–H groups in total. The van der Waals surface area contributed by atoms with Crippen LogP contribution < -0.4 is 11.1 Å². The zero-order valence-corrected chi connectivity index (χ0v) is 10.3. The number of ether oxygens (including phenoxy) is 1. The van der Waals surface area contributed by atoms with Crippen LogP contribution in [-0.4, -0.2) is 31.1 Å². The van der Waals surface area contributed by atoms with Gasteiger partial charge in [-0.2, -0.15) is 0 Å². The van der Waals surface area contributed by atoms with Crippen molar-refractivity contribution in [3.8, 4) is 0 Å². The van der Waals surface area contributed by atoms with Gasteiger partial charge in [-0.05, 0) is 38.0 Å². The van der Waals surface area contributed by atoms with Crippen LogP contribution in [0.5, 0.6) is 0 Å².